The van der Waals surface area contributed by atoms with Crippen LogP contribution in [0, 0.1) is 0 Å². The molecule has 0 aromatic heterocycles. The quantitative estimate of drug-likeness (QED) is 0.370. The molecule has 1 unspecified atom stereocenters. The lowest BCUT2D eigenvalue weighted by atomic mass is 10.4. The molecule has 54 valence electrons. The van der Waals surface area contributed by atoms with Crippen molar-refractivity contribution in [3.8, 4) is 0 Å². The first-order valence-corrected chi connectivity index (χ1v) is 3.76. The zero-order chi connectivity index (χ0) is 7.72. The molecule has 0 radical (unpaired) electrons. The van der Waals surface area contributed by atoms with Gasteiger partial charge in [0, 0.05) is 12.8 Å². The summed E-state index contributed by atoms with van der Waals surface area (Å²) in [7, 11) is -3.05. The van der Waals surface area contributed by atoms with E-state index in [4.69, 9.17) is 0 Å². The van der Waals surface area contributed by atoms with Gasteiger partial charge >= 0.3 is 8.18 Å². The summed E-state index contributed by atoms with van der Waals surface area (Å²) < 4.78 is 10.4. The molecule has 1 aliphatic rings. The molecule has 1 fully saturated rings. The molecule has 0 aliphatic carbocycles. The van der Waals surface area contributed by atoms with Gasteiger partial charge in [0.25, 0.3) is 11.8 Å². The predicted octanol–water partition coefficient (Wildman–Crippen LogP) is -0.847. The van der Waals surface area contributed by atoms with E-state index in [2.05, 4.69) is 0 Å². The molecule has 0 bridgehead atoms. The van der Waals surface area contributed by atoms with Gasteiger partial charge in [0.05, 0.1) is 0 Å². The number of carbonyl (C=O) groups is 2. The summed E-state index contributed by atoms with van der Waals surface area (Å²) in [6.07, 6.45) is 0.0320. The summed E-state index contributed by atoms with van der Waals surface area (Å²) >= 11 is 0. The second-order valence-electron chi connectivity index (χ2n) is 1.84. The number of amides is 2. The van der Waals surface area contributed by atoms with Crippen LogP contribution in [0.4, 0.5) is 0 Å². The Morgan fingerprint density at radius 3 is 1.90 bits per heavy atom. The highest BCUT2D eigenvalue weighted by molar-refractivity contribution is 7.35. The highest BCUT2D eigenvalue weighted by atomic mass is 31.1. The molecule has 10 heavy (non-hydrogen) atoms. The Morgan fingerprint density at radius 2 is 1.70 bits per heavy atom. The minimum Gasteiger partial charge on any atom is -0.572 e. The lowest BCUT2D eigenvalue weighted by Crippen LogP contribution is -2.24. The summed E-state index contributed by atoms with van der Waals surface area (Å²) in [5.74, 6) is -1.25. The standard InChI is InChI=1S/C4H4NO4P/c6-3-1-2-4(7)5(3)10(8)9/h1-2H2. The van der Waals surface area contributed by atoms with Crippen molar-refractivity contribution >= 4 is 20.0 Å². The topological polar surface area (TPSA) is 77.5 Å². The molecule has 0 N–H and O–H groups in total. The van der Waals surface area contributed by atoms with E-state index in [-0.39, 0.29) is 17.5 Å². The van der Waals surface area contributed by atoms with Crippen molar-refractivity contribution in [1.82, 2.24) is 4.67 Å². The van der Waals surface area contributed by atoms with Crippen molar-refractivity contribution in [2.45, 2.75) is 12.8 Å². The van der Waals surface area contributed by atoms with Crippen LogP contribution in [-0.2, 0) is 14.2 Å². The fourth-order valence-corrected chi connectivity index (χ4v) is 1.31. The summed E-state index contributed by atoms with van der Waals surface area (Å²) in [6.45, 7) is 0. The van der Waals surface area contributed by atoms with Crippen LogP contribution >= 0.6 is 8.18 Å². The van der Waals surface area contributed by atoms with Gasteiger partial charge in [-0.2, -0.15) is 0 Å². The van der Waals surface area contributed by atoms with Crippen molar-refractivity contribution in [3.05, 3.63) is 0 Å². The fraction of sp³-hybridized carbons (Fsp3) is 0.500. The Balaban J connectivity index is 2.82. The SMILES string of the molecule is O=C1CCC(=O)N1[P+](=O)[O-]. The van der Waals surface area contributed by atoms with Gasteiger partial charge in [0.1, 0.15) is 0 Å². The summed E-state index contributed by atoms with van der Waals surface area (Å²) in [6, 6.07) is 0. The molecule has 1 heterocycles. The van der Waals surface area contributed by atoms with E-state index in [1.807, 2.05) is 0 Å². The Kier molecular flexibility index (Phi) is 1.78. The Morgan fingerprint density at radius 1 is 1.30 bits per heavy atom. The van der Waals surface area contributed by atoms with Crippen LogP contribution < -0.4 is 4.89 Å². The van der Waals surface area contributed by atoms with Gasteiger partial charge < -0.3 is 4.89 Å². The maximum atomic E-state index is 10.5. The van der Waals surface area contributed by atoms with E-state index >= 15 is 0 Å². The fourth-order valence-electron chi connectivity index (χ4n) is 0.747. The van der Waals surface area contributed by atoms with Crippen LogP contribution in [0.25, 0.3) is 0 Å². The van der Waals surface area contributed by atoms with Crippen molar-refractivity contribution in [3.63, 3.8) is 0 Å². The van der Waals surface area contributed by atoms with Gasteiger partial charge in [0.15, 0.2) is 0 Å². The molecular formula is C4H4NO4P. The predicted molar refractivity (Wildman–Crippen MR) is 28.7 cm³/mol. The molecule has 5 nitrogen and oxygen atoms in total. The number of hydrogen-bond donors (Lipinski definition) is 0. The summed E-state index contributed by atoms with van der Waals surface area (Å²) in [4.78, 5) is 31.2. The molecule has 0 spiro atoms. The molecule has 0 aromatic carbocycles. The van der Waals surface area contributed by atoms with Gasteiger partial charge in [-0.15, -0.1) is 0 Å². The van der Waals surface area contributed by atoms with Crippen LogP contribution in [0.1, 0.15) is 12.8 Å². The van der Waals surface area contributed by atoms with Crippen LogP contribution in [0.2, 0.25) is 0 Å². The largest absolute Gasteiger partial charge is 0.572 e. The lowest BCUT2D eigenvalue weighted by molar-refractivity contribution is -0.177. The number of rotatable bonds is 1. The summed E-state index contributed by atoms with van der Waals surface area (Å²) in [5.41, 5.74) is 0. The zero-order valence-corrected chi connectivity index (χ0v) is 5.84. The number of imide groups is 1. The normalized spacial score (nSPS) is 20.1. The molecule has 0 saturated carbocycles. The van der Waals surface area contributed by atoms with Gasteiger partial charge in [-0.05, 0) is 4.57 Å². The molecule has 6 heteroatoms. The smallest absolute Gasteiger partial charge is 0.450 e. The average Bonchev–Trinajstić information content (AvgIpc) is 2.11. The van der Waals surface area contributed by atoms with Gasteiger partial charge in [0.2, 0.25) is 0 Å². The van der Waals surface area contributed by atoms with E-state index < -0.39 is 20.0 Å². The third kappa shape index (κ3) is 1.05. The highest BCUT2D eigenvalue weighted by Gasteiger charge is 2.38. The third-order valence-corrected chi connectivity index (χ3v) is 1.96. The van der Waals surface area contributed by atoms with E-state index in [1.54, 1.807) is 0 Å². The Bertz CT molecular complexity index is 197. The van der Waals surface area contributed by atoms with Crippen LogP contribution in [0.15, 0.2) is 0 Å². The first kappa shape index (κ1) is 7.31. The first-order chi connectivity index (χ1) is 4.63. The maximum Gasteiger partial charge on any atom is 0.450 e. The van der Waals surface area contributed by atoms with Gasteiger partial charge in [-0.25, -0.2) is 0 Å². The Hall–Kier alpha value is -0.800. The number of carbonyl (C=O) groups excluding carboxylic acids is 2. The van der Waals surface area contributed by atoms with Gasteiger partial charge in [-0.3, -0.25) is 9.59 Å². The molecular weight excluding hydrogens is 157 g/mol. The van der Waals surface area contributed by atoms with E-state index in [0.29, 0.717) is 0 Å². The summed E-state index contributed by atoms with van der Waals surface area (Å²) in [5, 5.41) is 0. The number of hydrogen-bond acceptors (Lipinski definition) is 4. The lowest BCUT2D eigenvalue weighted by Gasteiger charge is -1.98. The first-order valence-electron chi connectivity index (χ1n) is 2.63. The highest BCUT2D eigenvalue weighted by Crippen LogP contribution is 2.25. The molecule has 1 saturated heterocycles. The van der Waals surface area contributed by atoms with E-state index in [0.717, 1.165) is 0 Å². The third-order valence-electron chi connectivity index (χ3n) is 1.19. The molecule has 1 atom stereocenters. The van der Waals surface area contributed by atoms with Crippen molar-refractivity contribution in [2.75, 3.05) is 0 Å². The molecule has 1 aliphatic heterocycles. The monoisotopic (exact) mass is 161 g/mol. The van der Waals surface area contributed by atoms with E-state index in [9.17, 15) is 19.0 Å². The van der Waals surface area contributed by atoms with Crippen molar-refractivity contribution < 1.29 is 19.0 Å². The Labute approximate surface area is 57.6 Å². The average molecular weight is 161 g/mol. The number of nitrogens with zero attached hydrogens (tertiary/aromatic N) is 1. The zero-order valence-electron chi connectivity index (χ0n) is 4.94. The minimum absolute atomic E-state index is 0.0160. The second-order valence-corrected chi connectivity index (χ2v) is 2.71. The van der Waals surface area contributed by atoms with Crippen molar-refractivity contribution in [2.24, 2.45) is 0 Å². The minimum atomic E-state index is -3.05. The van der Waals surface area contributed by atoms with Crippen LogP contribution in [0.3, 0.4) is 0 Å². The van der Waals surface area contributed by atoms with Crippen LogP contribution in [0.5, 0.6) is 0 Å². The van der Waals surface area contributed by atoms with Gasteiger partial charge in [-0.1, -0.05) is 4.67 Å². The molecule has 2 amide bonds. The van der Waals surface area contributed by atoms with E-state index in [1.165, 1.54) is 0 Å². The second kappa shape index (κ2) is 2.44. The molecule has 1 rings (SSSR count). The maximum absolute atomic E-state index is 10.5. The van der Waals surface area contributed by atoms with Crippen LogP contribution in [-0.4, -0.2) is 16.5 Å². The van der Waals surface area contributed by atoms with Crippen molar-refractivity contribution in [1.29, 1.82) is 0 Å². The molecule has 0 aromatic rings.